The number of urea groups is 1. The van der Waals surface area contributed by atoms with Gasteiger partial charge in [0.2, 0.25) is 5.91 Å². The molecule has 1 aliphatic carbocycles. The van der Waals surface area contributed by atoms with Gasteiger partial charge in [0.25, 0.3) is 0 Å². The van der Waals surface area contributed by atoms with Crippen molar-refractivity contribution in [2.45, 2.75) is 31.8 Å². The van der Waals surface area contributed by atoms with E-state index in [-0.39, 0.29) is 17.9 Å². The van der Waals surface area contributed by atoms with Crippen LogP contribution in [0.1, 0.15) is 24.8 Å². The van der Waals surface area contributed by atoms with E-state index in [1.807, 2.05) is 12.1 Å². The molecular formula is C14H20N4O2. The molecule has 2 rings (SSSR count). The van der Waals surface area contributed by atoms with Crippen molar-refractivity contribution in [1.29, 1.82) is 0 Å². The van der Waals surface area contributed by atoms with Gasteiger partial charge in [0.05, 0.1) is 0 Å². The maximum atomic E-state index is 11.9. The van der Waals surface area contributed by atoms with Crippen LogP contribution in [0.15, 0.2) is 24.3 Å². The molecule has 2 unspecified atom stereocenters. The van der Waals surface area contributed by atoms with Crippen LogP contribution in [0, 0.1) is 5.92 Å². The first kappa shape index (κ1) is 14.3. The fourth-order valence-electron chi connectivity index (χ4n) is 2.44. The Bertz CT molecular complexity index is 486. The topological polar surface area (TPSA) is 110 Å². The standard InChI is InChI=1S/C14H20N4O2/c15-11-4-3-10(7-11)13(19)17-8-9-1-5-12(6-2-9)18-14(16)20/h1-2,5-6,10-11H,3-4,7-8,15H2,(H,17,19)(H3,16,18,20). The van der Waals surface area contributed by atoms with E-state index < -0.39 is 6.03 Å². The lowest BCUT2D eigenvalue weighted by Crippen LogP contribution is -2.30. The van der Waals surface area contributed by atoms with Crippen LogP contribution in [0.5, 0.6) is 0 Å². The maximum absolute atomic E-state index is 11.9. The molecule has 6 nitrogen and oxygen atoms in total. The summed E-state index contributed by atoms with van der Waals surface area (Å²) in [6, 6.07) is 6.74. The van der Waals surface area contributed by atoms with Crippen molar-refractivity contribution in [3.63, 3.8) is 0 Å². The van der Waals surface area contributed by atoms with Gasteiger partial charge < -0.3 is 22.1 Å². The monoisotopic (exact) mass is 276 g/mol. The normalized spacial score (nSPS) is 21.4. The van der Waals surface area contributed by atoms with Crippen molar-refractivity contribution in [3.8, 4) is 0 Å². The molecule has 1 aliphatic rings. The summed E-state index contributed by atoms with van der Waals surface area (Å²) in [5.74, 6) is 0.109. The number of primary amides is 1. The van der Waals surface area contributed by atoms with Crippen LogP contribution < -0.4 is 22.1 Å². The third-order valence-corrected chi connectivity index (χ3v) is 3.53. The van der Waals surface area contributed by atoms with Crippen LogP contribution >= 0.6 is 0 Å². The molecule has 6 N–H and O–H groups in total. The van der Waals surface area contributed by atoms with Crippen LogP contribution in [0.4, 0.5) is 10.5 Å². The number of carbonyl (C=O) groups excluding carboxylic acids is 2. The van der Waals surface area contributed by atoms with Gasteiger partial charge >= 0.3 is 6.03 Å². The average Bonchev–Trinajstić information content (AvgIpc) is 2.84. The zero-order valence-electron chi connectivity index (χ0n) is 11.3. The number of rotatable bonds is 4. The molecule has 0 aliphatic heterocycles. The molecule has 0 spiro atoms. The van der Waals surface area contributed by atoms with Gasteiger partial charge in [0, 0.05) is 24.2 Å². The van der Waals surface area contributed by atoms with Crippen molar-refractivity contribution in [3.05, 3.63) is 29.8 Å². The van der Waals surface area contributed by atoms with E-state index in [0.29, 0.717) is 12.2 Å². The third-order valence-electron chi connectivity index (χ3n) is 3.53. The van der Waals surface area contributed by atoms with E-state index in [1.165, 1.54) is 0 Å². The summed E-state index contributed by atoms with van der Waals surface area (Å²) in [6.07, 6.45) is 2.56. The maximum Gasteiger partial charge on any atom is 0.316 e. The molecule has 0 radical (unpaired) electrons. The minimum atomic E-state index is -0.594. The Morgan fingerprint density at radius 3 is 2.45 bits per heavy atom. The molecule has 1 aromatic carbocycles. The Morgan fingerprint density at radius 1 is 1.20 bits per heavy atom. The Kier molecular flexibility index (Phi) is 4.57. The van der Waals surface area contributed by atoms with Crippen molar-refractivity contribution in [2.75, 3.05) is 5.32 Å². The molecule has 108 valence electrons. The smallest absolute Gasteiger partial charge is 0.316 e. The van der Waals surface area contributed by atoms with Crippen molar-refractivity contribution in [1.82, 2.24) is 5.32 Å². The summed E-state index contributed by atoms with van der Waals surface area (Å²) in [7, 11) is 0. The average molecular weight is 276 g/mol. The molecule has 0 saturated heterocycles. The molecule has 0 aromatic heterocycles. The Hall–Kier alpha value is -2.08. The van der Waals surface area contributed by atoms with Gasteiger partial charge in [-0.1, -0.05) is 12.1 Å². The molecule has 20 heavy (non-hydrogen) atoms. The highest BCUT2D eigenvalue weighted by atomic mass is 16.2. The lowest BCUT2D eigenvalue weighted by atomic mass is 10.1. The first-order valence-electron chi connectivity index (χ1n) is 6.73. The fourth-order valence-corrected chi connectivity index (χ4v) is 2.44. The molecule has 1 aromatic rings. The van der Waals surface area contributed by atoms with E-state index in [0.717, 1.165) is 24.8 Å². The van der Waals surface area contributed by atoms with Crippen LogP contribution in [0.3, 0.4) is 0 Å². The first-order valence-corrected chi connectivity index (χ1v) is 6.73. The molecule has 1 fully saturated rings. The number of anilines is 1. The largest absolute Gasteiger partial charge is 0.352 e. The summed E-state index contributed by atoms with van der Waals surface area (Å²) in [4.78, 5) is 22.6. The summed E-state index contributed by atoms with van der Waals surface area (Å²) in [5.41, 5.74) is 12.4. The number of nitrogens with two attached hydrogens (primary N) is 2. The zero-order chi connectivity index (χ0) is 14.5. The second kappa shape index (κ2) is 6.38. The summed E-state index contributed by atoms with van der Waals surface area (Å²) in [6.45, 7) is 0.474. The van der Waals surface area contributed by atoms with Crippen LogP contribution in [-0.2, 0) is 11.3 Å². The van der Waals surface area contributed by atoms with Crippen molar-refractivity contribution < 1.29 is 9.59 Å². The highest BCUT2D eigenvalue weighted by Gasteiger charge is 2.27. The van der Waals surface area contributed by atoms with Crippen LogP contribution in [0.25, 0.3) is 0 Å². The quantitative estimate of drug-likeness (QED) is 0.656. The van der Waals surface area contributed by atoms with Gasteiger partial charge in [-0.25, -0.2) is 4.79 Å². The molecular weight excluding hydrogens is 256 g/mol. The molecule has 3 amide bonds. The highest BCUT2D eigenvalue weighted by Crippen LogP contribution is 2.24. The predicted octanol–water partition coefficient (Wildman–Crippen LogP) is 0.921. The molecule has 1 saturated carbocycles. The van der Waals surface area contributed by atoms with E-state index in [2.05, 4.69) is 10.6 Å². The Balaban J connectivity index is 1.81. The summed E-state index contributed by atoms with van der Waals surface area (Å²) < 4.78 is 0. The predicted molar refractivity (Wildman–Crippen MR) is 76.8 cm³/mol. The van der Waals surface area contributed by atoms with Gasteiger partial charge in [-0.05, 0) is 37.0 Å². The van der Waals surface area contributed by atoms with Gasteiger partial charge in [-0.2, -0.15) is 0 Å². The highest BCUT2D eigenvalue weighted by molar-refractivity contribution is 5.87. The van der Waals surface area contributed by atoms with E-state index in [9.17, 15) is 9.59 Å². The van der Waals surface area contributed by atoms with E-state index >= 15 is 0 Å². The number of benzene rings is 1. The van der Waals surface area contributed by atoms with Crippen molar-refractivity contribution in [2.24, 2.45) is 17.4 Å². The lowest BCUT2D eigenvalue weighted by Gasteiger charge is -2.11. The van der Waals surface area contributed by atoms with Crippen LogP contribution in [-0.4, -0.2) is 18.0 Å². The van der Waals surface area contributed by atoms with Gasteiger partial charge in [0.1, 0.15) is 0 Å². The summed E-state index contributed by atoms with van der Waals surface area (Å²) in [5, 5.41) is 5.40. The minimum Gasteiger partial charge on any atom is -0.352 e. The SMILES string of the molecule is NC(=O)Nc1ccc(CNC(=O)C2CCC(N)C2)cc1. The lowest BCUT2D eigenvalue weighted by molar-refractivity contribution is -0.125. The third kappa shape index (κ3) is 3.96. The second-order valence-electron chi connectivity index (χ2n) is 5.17. The second-order valence-corrected chi connectivity index (χ2v) is 5.17. The minimum absolute atomic E-state index is 0.0424. The summed E-state index contributed by atoms with van der Waals surface area (Å²) >= 11 is 0. The van der Waals surface area contributed by atoms with Crippen LogP contribution in [0.2, 0.25) is 0 Å². The Morgan fingerprint density at radius 2 is 1.90 bits per heavy atom. The van der Waals surface area contributed by atoms with E-state index in [4.69, 9.17) is 11.5 Å². The molecule has 0 bridgehead atoms. The van der Waals surface area contributed by atoms with Gasteiger partial charge in [0.15, 0.2) is 0 Å². The number of nitrogens with one attached hydrogen (secondary N) is 2. The van der Waals surface area contributed by atoms with Gasteiger partial charge in [-0.15, -0.1) is 0 Å². The number of carbonyl (C=O) groups is 2. The molecule has 2 atom stereocenters. The number of hydrogen-bond donors (Lipinski definition) is 4. The van der Waals surface area contributed by atoms with E-state index in [1.54, 1.807) is 12.1 Å². The molecule has 0 heterocycles. The zero-order valence-corrected chi connectivity index (χ0v) is 11.3. The Labute approximate surface area is 117 Å². The first-order chi connectivity index (χ1) is 9.54. The fraction of sp³-hybridized carbons (Fsp3) is 0.429. The number of amides is 3. The molecule has 6 heteroatoms. The number of hydrogen-bond acceptors (Lipinski definition) is 3. The van der Waals surface area contributed by atoms with Crippen molar-refractivity contribution >= 4 is 17.6 Å². The van der Waals surface area contributed by atoms with Gasteiger partial charge in [-0.3, -0.25) is 4.79 Å².